The van der Waals surface area contributed by atoms with Gasteiger partial charge >= 0.3 is 0 Å². The van der Waals surface area contributed by atoms with Gasteiger partial charge in [0.15, 0.2) is 0 Å². The van der Waals surface area contributed by atoms with Crippen LogP contribution in [0.25, 0.3) is 44.7 Å². The lowest BCUT2D eigenvalue weighted by Gasteiger charge is -2.33. The molecule has 236 valence electrons. The van der Waals surface area contributed by atoms with Gasteiger partial charge in [-0.05, 0) is 55.5 Å². The molecular weight excluding hydrogens is 590 g/mol. The number of hydrogen-bond acceptors (Lipinski definition) is 6. The summed E-state index contributed by atoms with van der Waals surface area (Å²) in [6.45, 7) is 6.93. The second-order valence-corrected chi connectivity index (χ2v) is 11.7. The lowest BCUT2D eigenvalue weighted by atomic mass is 9.90. The molecule has 0 saturated heterocycles. The number of pyridine rings is 1. The highest BCUT2D eigenvalue weighted by molar-refractivity contribution is 5.91. The van der Waals surface area contributed by atoms with Crippen LogP contribution in [-0.4, -0.2) is 62.2 Å². The number of carbonyl (C=O) groups excluding carboxylic acids is 1. The second-order valence-electron chi connectivity index (χ2n) is 11.7. The number of rotatable bonds is 8. The van der Waals surface area contributed by atoms with Crippen molar-refractivity contribution in [3.05, 3.63) is 83.7 Å². The Labute approximate surface area is 265 Å². The first kappa shape index (κ1) is 29.8. The van der Waals surface area contributed by atoms with Crippen molar-refractivity contribution in [1.82, 2.24) is 29.4 Å². The molecule has 0 N–H and O–H groups in total. The summed E-state index contributed by atoms with van der Waals surface area (Å²) < 4.78 is 45.5. The zero-order chi connectivity index (χ0) is 32.1. The highest BCUT2D eigenvalue weighted by Gasteiger charge is 2.33. The van der Waals surface area contributed by atoms with Gasteiger partial charge in [-0.15, -0.1) is 0 Å². The van der Waals surface area contributed by atoms with Gasteiger partial charge in [-0.1, -0.05) is 18.7 Å². The molecule has 0 fully saturated rings. The van der Waals surface area contributed by atoms with Crippen LogP contribution in [0.15, 0.2) is 55.3 Å². The maximum absolute atomic E-state index is 16.1. The Kier molecular flexibility index (Phi) is 7.64. The fraction of sp³-hybridized carbons (Fsp3) is 0.314. The number of aryl methyl sites for hydroxylation is 1. The van der Waals surface area contributed by atoms with Gasteiger partial charge in [0.2, 0.25) is 5.91 Å². The van der Waals surface area contributed by atoms with Gasteiger partial charge in [-0.25, -0.2) is 13.8 Å². The second kappa shape index (κ2) is 11.8. The van der Waals surface area contributed by atoms with Gasteiger partial charge in [0.05, 0.1) is 53.6 Å². The van der Waals surface area contributed by atoms with Crippen molar-refractivity contribution in [2.24, 2.45) is 7.05 Å². The summed E-state index contributed by atoms with van der Waals surface area (Å²) in [5.41, 5.74) is 7.17. The SMILES string of the molecule is C=CC(=O)N1CCn2nc(-c3nc(-c4ccc5cnn(C)c5c4)c4c(c3-c3c(F)cc(F)cc3OCCOC)CCC4)cc2[C@H]1C. The number of fused-ring (bicyclic) bond motifs is 3. The molecule has 0 unspecified atom stereocenters. The van der Waals surface area contributed by atoms with E-state index in [-0.39, 0.29) is 36.5 Å². The third kappa shape index (κ3) is 4.95. The van der Waals surface area contributed by atoms with Crippen molar-refractivity contribution >= 4 is 16.8 Å². The lowest BCUT2D eigenvalue weighted by Crippen LogP contribution is -2.40. The number of ether oxygens (including phenoxy) is 2. The summed E-state index contributed by atoms with van der Waals surface area (Å²) in [7, 11) is 3.44. The topological polar surface area (TPSA) is 87.3 Å². The van der Waals surface area contributed by atoms with Crippen molar-refractivity contribution in [3.63, 3.8) is 0 Å². The van der Waals surface area contributed by atoms with Crippen molar-refractivity contribution in [1.29, 1.82) is 0 Å². The van der Waals surface area contributed by atoms with Gasteiger partial charge in [0.25, 0.3) is 0 Å². The van der Waals surface area contributed by atoms with E-state index in [1.54, 1.807) is 4.90 Å². The van der Waals surface area contributed by atoms with Crippen LogP contribution in [0.2, 0.25) is 0 Å². The molecule has 9 nitrogen and oxygen atoms in total. The molecule has 7 rings (SSSR count). The average Bonchev–Trinajstić information content (AvgIpc) is 3.80. The molecule has 1 aliphatic heterocycles. The number of hydrogen-bond donors (Lipinski definition) is 0. The summed E-state index contributed by atoms with van der Waals surface area (Å²) in [5, 5.41) is 10.4. The zero-order valence-corrected chi connectivity index (χ0v) is 26.0. The van der Waals surface area contributed by atoms with E-state index in [1.807, 2.05) is 47.7 Å². The summed E-state index contributed by atoms with van der Waals surface area (Å²) in [5.74, 6) is -1.55. The Morgan fingerprint density at radius 2 is 1.89 bits per heavy atom. The maximum atomic E-state index is 16.1. The maximum Gasteiger partial charge on any atom is 0.246 e. The van der Waals surface area contributed by atoms with Crippen LogP contribution in [0.1, 0.15) is 36.2 Å². The minimum atomic E-state index is -0.742. The molecule has 11 heteroatoms. The van der Waals surface area contributed by atoms with Crippen LogP contribution in [0.5, 0.6) is 5.75 Å². The largest absolute Gasteiger partial charge is 0.490 e. The molecule has 1 aliphatic carbocycles. The van der Waals surface area contributed by atoms with E-state index < -0.39 is 11.6 Å². The highest BCUT2D eigenvalue weighted by Crippen LogP contribution is 2.47. The van der Waals surface area contributed by atoms with Crippen LogP contribution in [0.3, 0.4) is 0 Å². The Hall–Kier alpha value is -4.90. The van der Waals surface area contributed by atoms with Gasteiger partial charge in [0, 0.05) is 49.3 Å². The molecule has 4 heterocycles. The number of halogens is 2. The van der Waals surface area contributed by atoms with Crippen LogP contribution >= 0.6 is 0 Å². The Bertz CT molecular complexity index is 2020. The molecule has 0 radical (unpaired) electrons. The number of benzene rings is 2. The van der Waals surface area contributed by atoms with Gasteiger partial charge in [-0.2, -0.15) is 10.2 Å². The zero-order valence-electron chi connectivity index (χ0n) is 26.0. The molecule has 3 aromatic heterocycles. The molecule has 1 atom stereocenters. The molecule has 2 aromatic carbocycles. The molecule has 5 aromatic rings. The third-order valence-electron chi connectivity index (χ3n) is 9.06. The predicted molar refractivity (Wildman–Crippen MR) is 170 cm³/mol. The normalized spacial score (nSPS) is 15.7. The van der Waals surface area contributed by atoms with E-state index in [1.165, 1.54) is 19.3 Å². The molecule has 0 spiro atoms. The van der Waals surface area contributed by atoms with Crippen molar-refractivity contribution in [2.75, 3.05) is 26.9 Å². The number of amides is 1. The minimum absolute atomic E-state index is 0.0795. The minimum Gasteiger partial charge on any atom is -0.490 e. The van der Waals surface area contributed by atoms with Crippen LogP contribution in [0, 0.1) is 11.6 Å². The molecule has 0 saturated carbocycles. The molecule has 0 bridgehead atoms. The van der Waals surface area contributed by atoms with Gasteiger partial charge in [0.1, 0.15) is 29.7 Å². The number of methoxy groups -OCH3 is 1. The van der Waals surface area contributed by atoms with Crippen molar-refractivity contribution in [3.8, 4) is 39.5 Å². The van der Waals surface area contributed by atoms with E-state index in [9.17, 15) is 9.18 Å². The highest BCUT2D eigenvalue weighted by atomic mass is 19.1. The first-order valence-electron chi connectivity index (χ1n) is 15.4. The number of nitrogens with zero attached hydrogens (tertiary/aromatic N) is 6. The fourth-order valence-corrected chi connectivity index (χ4v) is 6.82. The van der Waals surface area contributed by atoms with E-state index >= 15 is 4.39 Å². The Morgan fingerprint density at radius 3 is 2.70 bits per heavy atom. The average molecular weight is 625 g/mol. The first-order valence-corrected chi connectivity index (χ1v) is 15.4. The Morgan fingerprint density at radius 1 is 1.07 bits per heavy atom. The summed E-state index contributed by atoms with van der Waals surface area (Å²) in [6.07, 6.45) is 5.43. The van der Waals surface area contributed by atoms with E-state index in [4.69, 9.17) is 19.6 Å². The summed E-state index contributed by atoms with van der Waals surface area (Å²) >= 11 is 0. The fourth-order valence-electron chi connectivity index (χ4n) is 6.82. The smallest absolute Gasteiger partial charge is 0.246 e. The molecule has 46 heavy (non-hydrogen) atoms. The third-order valence-corrected chi connectivity index (χ3v) is 9.06. The number of aromatic nitrogens is 5. The van der Waals surface area contributed by atoms with E-state index in [0.29, 0.717) is 36.5 Å². The standard InChI is InChI=1S/C35H34F2N6O3/c1-5-31(44)42-11-12-43-28(20(42)2)18-27(40-43)35-32(33-26(37)16-23(36)17-30(33)46-14-13-45-4)24-7-6-8-25(24)34(39-35)21-9-10-22-19-38-41(3)29(22)15-21/h5,9-10,15-20H,1,6-8,11-14H2,2-4H3/t20-/m1/s1. The molecule has 1 amide bonds. The van der Waals surface area contributed by atoms with Gasteiger partial charge < -0.3 is 14.4 Å². The van der Waals surface area contributed by atoms with Crippen LogP contribution in [0.4, 0.5) is 8.78 Å². The van der Waals surface area contributed by atoms with Crippen LogP contribution in [-0.2, 0) is 36.0 Å². The monoisotopic (exact) mass is 624 g/mol. The summed E-state index contributed by atoms with van der Waals surface area (Å²) in [6, 6.07) is 9.88. The first-order chi connectivity index (χ1) is 22.3. The van der Waals surface area contributed by atoms with E-state index in [2.05, 4.69) is 17.7 Å². The lowest BCUT2D eigenvalue weighted by molar-refractivity contribution is -0.129. The predicted octanol–water partition coefficient (Wildman–Crippen LogP) is 6.05. The van der Waals surface area contributed by atoms with Crippen molar-refractivity contribution in [2.45, 2.75) is 38.8 Å². The number of carbonyl (C=O) groups is 1. The van der Waals surface area contributed by atoms with Gasteiger partial charge in [-0.3, -0.25) is 14.2 Å². The Balaban J connectivity index is 1.49. The molecule has 2 aliphatic rings. The van der Waals surface area contributed by atoms with Crippen molar-refractivity contribution < 1.29 is 23.0 Å². The quantitative estimate of drug-likeness (QED) is 0.154. The van der Waals surface area contributed by atoms with E-state index in [0.717, 1.165) is 57.9 Å². The van der Waals surface area contributed by atoms with Crippen LogP contribution < -0.4 is 4.74 Å². The summed E-state index contributed by atoms with van der Waals surface area (Å²) in [4.78, 5) is 19.6. The molecular formula is C35H34F2N6O3.